The molecule has 0 aliphatic carbocycles. The Morgan fingerprint density at radius 1 is 1.26 bits per heavy atom. The van der Waals surface area contributed by atoms with Crippen molar-refractivity contribution in [3.8, 4) is 0 Å². The average molecular weight is 427 g/mol. The maximum atomic E-state index is 12.9. The van der Waals surface area contributed by atoms with Gasteiger partial charge in [0.1, 0.15) is 5.82 Å². The number of anilines is 1. The minimum atomic E-state index is -0.479. The van der Waals surface area contributed by atoms with Gasteiger partial charge in [0.15, 0.2) is 11.5 Å². The van der Waals surface area contributed by atoms with Crippen molar-refractivity contribution in [2.75, 3.05) is 18.5 Å². The number of hydrogen-bond donors (Lipinski definition) is 4. The topological polar surface area (TPSA) is 152 Å². The van der Waals surface area contributed by atoms with Crippen molar-refractivity contribution in [1.82, 2.24) is 40.8 Å². The molecule has 0 spiro atoms. The van der Waals surface area contributed by atoms with E-state index in [1.165, 1.54) is 6.20 Å². The standard InChI is InChI=1S/C19H25N9O3/c1-3-28-18-13(10-21-28)17(23-12-4-6-31-7-5-12)14(9-20-18)19(30)27-26-16(29)8-15-22-11(2)24-25-15/h9-10,12H,3-8H2,1-2H3,(H,20,23)(H,26,29)(H,27,30)(H,22,24,25). The number of nitrogens with zero attached hydrogens (tertiary/aromatic N) is 5. The maximum absolute atomic E-state index is 12.9. The molecule has 12 nitrogen and oxygen atoms in total. The molecular formula is C19H25N9O3. The molecule has 1 fully saturated rings. The Bertz CT molecular complexity index is 1080. The van der Waals surface area contributed by atoms with Crippen LogP contribution in [0.15, 0.2) is 12.4 Å². The van der Waals surface area contributed by atoms with Gasteiger partial charge in [-0.05, 0) is 26.7 Å². The van der Waals surface area contributed by atoms with E-state index in [4.69, 9.17) is 4.74 Å². The van der Waals surface area contributed by atoms with Gasteiger partial charge in [-0.3, -0.25) is 25.5 Å². The minimum Gasteiger partial charge on any atom is -0.381 e. The molecule has 1 aliphatic rings. The molecule has 4 rings (SSSR count). The zero-order chi connectivity index (χ0) is 21.8. The normalized spacial score (nSPS) is 14.5. The fourth-order valence-corrected chi connectivity index (χ4v) is 3.48. The number of carbonyl (C=O) groups is 2. The Hall–Kier alpha value is -3.54. The van der Waals surface area contributed by atoms with E-state index in [0.717, 1.165) is 18.2 Å². The van der Waals surface area contributed by atoms with Crippen LogP contribution in [0.4, 0.5) is 5.69 Å². The Morgan fingerprint density at radius 3 is 2.77 bits per heavy atom. The number of hydrogen-bond acceptors (Lipinski definition) is 8. The Labute approximate surface area is 178 Å². The molecule has 2 amide bonds. The summed E-state index contributed by atoms with van der Waals surface area (Å²) in [5, 5.41) is 15.2. The Morgan fingerprint density at radius 2 is 2.06 bits per heavy atom. The van der Waals surface area contributed by atoms with Gasteiger partial charge in [-0.2, -0.15) is 10.2 Å². The highest BCUT2D eigenvalue weighted by atomic mass is 16.5. The lowest BCUT2D eigenvalue weighted by molar-refractivity contribution is -0.121. The molecule has 4 heterocycles. The molecule has 0 aromatic carbocycles. The lowest BCUT2D eigenvalue weighted by Crippen LogP contribution is -2.43. The van der Waals surface area contributed by atoms with E-state index < -0.39 is 11.8 Å². The number of aryl methyl sites for hydroxylation is 2. The molecule has 12 heteroatoms. The number of pyridine rings is 1. The van der Waals surface area contributed by atoms with Gasteiger partial charge in [-0.1, -0.05) is 0 Å². The van der Waals surface area contributed by atoms with E-state index in [1.807, 2.05) is 6.92 Å². The van der Waals surface area contributed by atoms with Gasteiger partial charge < -0.3 is 10.1 Å². The first-order chi connectivity index (χ1) is 15.0. The number of rotatable bonds is 6. The summed E-state index contributed by atoms with van der Waals surface area (Å²) >= 11 is 0. The number of nitrogens with one attached hydrogen (secondary N) is 4. The summed E-state index contributed by atoms with van der Waals surface area (Å²) in [6.07, 6.45) is 4.81. The molecule has 1 aliphatic heterocycles. The first kappa shape index (κ1) is 20.7. The Kier molecular flexibility index (Phi) is 6.07. The maximum Gasteiger partial charge on any atom is 0.273 e. The zero-order valence-electron chi connectivity index (χ0n) is 17.4. The number of hydrazine groups is 1. The van der Waals surface area contributed by atoms with E-state index in [0.29, 0.717) is 48.3 Å². The summed E-state index contributed by atoms with van der Waals surface area (Å²) in [4.78, 5) is 33.5. The summed E-state index contributed by atoms with van der Waals surface area (Å²) in [7, 11) is 0. The average Bonchev–Trinajstić information content (AvgIpc) is 3.38. The highest BCUT2D eigenvalue weighted by Gasteiger charge is 2.22. The highest BCUT2D eigenvalue weighted by Crippen LogP contribution is 2.28. The molecule has 0 unspecified atom stereocenters. The van der Waals surface area contributed by atoms with Gasteiger partial charge in [0.05, 0.1) is 29.3 Å². The lowest BCUT2D eigenvalue weighted by Gasteiger charge is -2.25. The molecule has 164 valence electrons. The second kappa shape index (κ2) is 9.08. The second-order valence-corrected chi connectivity index (χ2v) is 7.29. The number of ether oxygens (including phenoxy) is 1. The van der Waals surface area contributed by atoms with E-state index in [2.05, 4.69) is 41.4 Å². The highest BCUT2D eigenvalue weighted by molar-refractivity contribution is 6.06. The van der Waals surface area contributed by atoms with Gasteiger partial charge in [0, 0.05) is 32.0 Å². The third-order valence-corrected chi connectivity index (χ3v) is 5.06. The van der Waals surface area contributed by atoms with Crippen LogP contribution in [0, 0.1) is 6.92 Å². The van der Waals surface area contributed by atoms with Crippen molar-refractivity contribution in [3.63, 3.8) is 0 Å². The van der Waals surface area contributed by atoms with Gasteiger partial charge in [0.2, 0.25) is 5.91 Å². The summed E-state index contributed by atoms with van der Waals surface area (Å²) in [6, 6.07) is 0.166. The van der Waals surface area contributed by atoms with Crippen molar-refractivity contribution in [3.05, 3.63) is 29.6 Å². The number of aromatic nitrogens is 6. The zero-order valence-corrected chi connectivity index (χ0v) is 17.4. The minimum absolute atomic E-state index is 0.0572. The van der Waals surface area contributed by atoms with Crippen LogP contribution in [0.25, 0.3) is 11.0 Å². The van der Waals surface area contributed by atoms with E-state index >= 15 is 0 Å². The molecule has 3 aromatic heterocycles. The van der Waals surface area contributed by atoms with Crippen LogP contribution in [0.2, 0.25) is 0 Å². The molecule has 3 aromatic rings. The Balaban J connectivity index is 1.52. The molecule has 0 bridgehead atoms. The first-order valence-electron chi connectivity index (χ1n) is 10.2. The molecule has 0 radical (unpaired) electrons. The van der Waals surface area contributed by atoms with Crippen molar-refractivity contribution in [2.45, 2.75) is 45.7 Å². The predicted octanol–water partition coefficient (Wildman–Crippen LogP) is 0.472. The molecule has 0 atom stereocenters. The monoisotopic (exact) mass is 427 g/mol. The van der Waals surface area contributed by atoms with E-state index in [9.17, 15) is 9.59 Å². The number of H-pyrrole nitrogens is 1. The van der Waals surface area contributed by atoms with Crippen LogP contribution >= 0.6 is 0 Å². The van der Waals surface area contributed by atoms with E-state index in [-0.39, 0.29) is 12.5 Å². The fraction of sp³-hybridized carbons (Fsp3) is 0.474. The number of amides is 2. The van der Waals surface area contributed by atoms with Crippen molar-refractivity contribution < 1.29 is 14.3 Å². The van der Waals surface area contributed by atoms with Crippen LogP contribution in [0.3, 0.4) is 0 Å². The summed E-state index contributed by atoms with van der Waals surface area (Å²) in [5.74, 6) is 0.0516. The molecule has 0 saturated carbocycles. The molecule has 1 saturated heterocycles. The van der Waals surface area contributed by atoms with Crippen molar-refractivity contribution in [2.24, 2.45) is 0 Å². The van der Waals surface area contributed by atoms with Crippen molar-refractivity contribution in [1.29, 1.82) is 0 Å². The molecular weight excluding hydrogens is 402 g/mol. The van der Waals surface area contributed by atoms with Crippen LogP contribution in [0.1, 0.15) is 41.8 Å². The van der Waals surface area contributed by atoms with E-state index in [1.54, 1.807) is 17.8 Å². The third-order valence-electron chi connectivity index (χ3n) is 5.06. The summed E-state index contributed by atoms with van der Waals surface area (Å²) in [5.41, 5.74) is 6.52. The van der Waals surface area contributed by atoms with Crippen LogP contribution < -0.4 is 16.2 Å². The number of carbonyl (C=O) groups excluding carboxylic acids is 2. The summed E-state index contributed by atoms with van der Waals surface area (Å²) in [6.45, 7) is 5.71. The van der Waals surface area contributed by atoms with Crippen LogP contribution in [-0.2, 0) is 22.5 Å². The number of aromatic amines is 1. The van der Waals surface area contributed by atoms with Gasteiger partial charge in [0.25, 0.3) is 5.91 Å². The largest absolute Gasteiger partial charge is 0.381 e. The third kappa shape index (κ3) is 4.63. The predicted molar refractivity (Wildman–Crippen MR) is 111 cm³/mol. The number of fused-ring (bicyclic) bond motifs is 1. The van der Waals surface area contributed by atoms with Crippen LogP contribution in [-0.4, -0.2) is 61.0 Å². The molecule has 4 N–H and O–H groups in total. The summed E-state index contributed by atoms with van der Waals surface area (Å²) < 4.78 is 7.20. The smallest absolute Gasteiger partial charge is 0.273 e. The first-order valence-corrected chi connectivity index (χ1v) is 10.2. The second-order valence-electron chi connectivity index (χ2n) is 7.29. The SMILES string of the molecule is CCn1ncc2c(NC3CCOCC3)c(C(=O)NNC(=O)Cc3n[nH]c(C)n3)cnc21. The van der Waals surface area contributed by atoms with Gasteiger partial charge in [-0.15, -0.1) is 0 Å². The van der Waals surface area contributed by atoms with Gasteiger partial charge in [-0.25, -0.2) is 14.6 Å². The quantitative estimate of drug-likeness (QED) is 0.414. The van der Waals surface area contributed by atoms with Crippen molar-refractivity contribution >= 4 is 28.5 Å². The van der Waals surface area contributed by atoms with Gasteiger partial charge >= 0.3 is 0 Å². The molecule has 31 heavy (non-hydrogen) atoms. The fourth-order valence-electron chi connectivity index (χ4n) is 3.48. The lowest BCUT2D eigenvalue weighted by atomic mass is 10.1. The van der Waals surface area contributed by atoms with Crippen LogP contribution in [0.5, 0.6) is 0 Å².